The zero-order valence-corrected chi connectivity index (χ0v) is 12.7. The van der Waals surface area contributed by atoms with E-state index < -0.39 is 0 Å². The van der Waals surface area contributed by atoms with Crippen molar-refractivity contribution in [2.24, 2.45) is 23.2 Å². The summed E-state index contributed by atoms with van der Waals surface area (Å²) in [5.41, 5.74) is 0.945. The van der Waals surface area contributed by atoms with Crippen LogP contribution >= 0.6 is 0 Å². The normalized spacial score (nSPS) is 52.8. The van der Waals surface area contributed by atoms with Crippen molar-refractivity contribution in [3.05, 3.63) is 0 Å². The molecule has 6 aliphatic rings. The van der Waals surface area contributed by atoms with Gasteiger partial charge in [-0.3, -0.25) is 0 Å². The molecular weight excluding hydrogens is 246 g/mol. The van der Waals surface area contributed by atoms with Crippen molar-refractivity contribution in [2.45, 2.75) is 75.9 Å². The molecule has 0 radical (unpaired) electrons. The number of hydrogen-bond donors (Lipinski definition) is 1. The molecule has 5 saturated carbocycles. The van der Waals surface area contributed by atoms with Gasteiger partial charge in [-0.05, 0) is 74.5 Å². The van der Waals surface area contributed by atoms with Gasteiger partial charge in [0.05, 0.1) is 12.7 Å². The van der Waals surface area contributed by atoms with Gasteiger partial charge in [0.1, 0.15) is 0 Å². The summed E-state index contributed by atoms with van der Waals surface area (Å²) >= 11 is 0. The van der Waals surface area contributed by atoms with Gasteiger partial charge in [0.25, 0.3) is 0 Å². The highest BCUT2D eigenvalue weighted by atomic mass is 16.5. The quantitative estimate of drug-likeness (QED) is 0.791. The second-order valence-corrected chi connectivity index (χ2v) is 8.95. The first kappa shape index (κ1) is 12.5. The highest BCUT2D eigenvalue weighted by Gasteiger charge is 2.56. The van der Waals surface area contributed by atoms with Crippen LogP contribution in [0.5, 0.6) is 0 Å². The lowest BCUT2D eigenvalue weighted by atomic mass is 9.48. The number of rotatable bonds is 1. The second-order valence-electron chi connectivity index (χ2n) is 8.95. The van der Waals surface area contributed by atoms with Crippen molar-refractivity contribution >= 4 is 0 Å². The summed E-state index contributed by atoms with van der Waals surface area (Å²) in [6, 6.07) is 0. The molecule has 2 heteroatoms. The van der Waals surface area contributed by atoms with Crippen LogP contribution in [0.25, 0.3) is 0 Å². The van der Waals surface area contributed by atoms with Crippen molar-refractivity contribution in [3.63, 3.8) is 0 Å². The maximum Gasteiger partial charge on any atom is 0.0756 e. The highest BCUT2D eigenvalue weighted by molar-refractivity contribution is 5.07. The predicted molar refractivity (Wildman–Crippen MR) is 79.5 cm³/mol. The van der Waals surface area contributed by atoms with Gasteiger partial charge >= 0.3 is 0 Å². The molecule has 1 atom stereocenters. The molecule has 1 heterocycles. The fourth-order valence-electron chi connectivity index (χ4n) is 7.02. The molecule has 0 aromatic rings. The molecule has 1 N–H and O–H groups in total. The van der Waals surface area contributed by atoms with E-state index in [1.165, 1.54) is 44.9 Å². The van der Waals surface area contributed by atoms with E-state index in [9.17, 15) is 0 Å². The Labute approximate surface area is 123 Å². The van der Waals surface area contributed by atoms with E-state index >= 15 is 0 Å². The molecular formula is C18H29NO. The summed E-state index contributed by atoms with van der Waals surface area (Å²) < 4.78 is 6.54. The smallest absolute Gasteiger partial charge is 0.0756 e. The van der Waals surface area contributed by atoms with Crippen LogP contribution in [0.4, 0.5) is 0 Å². The molecule has 20 heavy (non-hydrogen) atoms. The third-order valence-electron chi connectivity index (χ3n) is 7.55. The second kappa shape index (κ2) is 4.23. The van der Waals surface area contributed by atoms with Crippen LogP contribution in [0.2, 0.25) is 0 Å². The van der Waals surface area contributed by atoms with Crippen molar-refractivity contribution in [1.82, 2.24) is 5.32 Å². The summed E-state index contributed by atoms with van der Waals surface area (Å²) in [5.74, 6) is 3.15. The van der Waals surface area contributed by atoms with Gasteiger partial charge in [-0.15, -0.1) is 0 Å². The van der Waals surface area contributed by atoms with Gasteiger partial charge in [-0.2, -0.15) is 0 Å². The molecule has 0 aromatic carbocycles. The lowest BCUT2D eigenvalue weighted by Gasteiger charge is -2.60. The Morgan fingerprint density at radius 1 is 0.850 bits per heavy atom. The average Bonchev–Trinajstić information content (AvgIpc) is 2.86. The van der Waals surface area contributed by atoms with E-state index in [2.05, 4.69) is 5.32 Å². The molecule has 6 fully saturated rings. The van der Waals surface area contributed by atoms with E-state index in [0.29, 0.717) is 17.1 Å². The Balaban J connectivity index is 1.34. The molecule has 6 rings (SSSR count). The first-order chi connectivity index (χ1) is 9.75. The largest absolute Gasteiger partial charge is 0.374 e. The average molecular weight is 275 g/mol. The minimum Gasteiger partial charge on any atom is -0.374 e. The van der Waals surface area contributed by atoms with Crippen LogP contribution in [-0.4, -0.2) is 24.8 Å². The number of morpholine rings is 1. The SMILES string of the molecule is C1CCC2(C1)COC(C13CC4CC(CC(C4)C1)C3)CN2. The Bertz CT molecular complexity index is 353. The Hall–Kier alpha value is -0.0800. The maximum atomic E-state index is 6.54. The Kier molecular flexibility index (Phi) is 2.63. The van der Waals surface area contributed by atoms with Crippen LogP contribution in [0, 0.1) is 23.2 Å². The lowest BCUT2D eigenvalue weighted by Crippen LogP contribution is -2.62. The standard InChI is InChI=1S/C18H29NO/c1-2-4-18(3-1)12-20-16(11-19-18)17-8-13-5-14(9-17)7-15(6-13)10-17/h13-16,19H,1-12H2. The monoisotopic (exact) mass is 275 g/mol. The van der Waals surface area contributed by atoms with Crippen molar-refractivity contribution in [2.75, 3.05) is 13.2 Å². The molecule has 1 unspecified atom stereocenters. The molecule has 2 nitrogen and oxygen atoms in total. The van der Waals surface area contributed by atoms with E-state index in [0.717, 1.165) is 30.9 Å². The Morgan fingerprint density at radius 3 is 1.95 bits per heavy atom. The number of ether oxygens (including phenoxy) is 1. The van der Waals surface area contributed by atoms with Crippen LogP contribution in [-0.2, 0) is 4.74 Å². The van der Waals surface area contributed by atoms with Gasteiger partial charge in [-0.25, -0.2) is 0 Å². The van der Waals surface area contributed by atoms with Crippen molar-refractivity contribution in [1.29, 1.82) is 0 Å². The summed E-state index contributed by atoms with van der Waals surface area (Å²) in [7, 11) is 0. The predicted octanol–water partition coefficient (Wildman–Crippen LogP) is 3.50. The fourth-order valence-corrected chi connectivity index (χ4v) is 7.02. The van der Waals surface area contributed by atoms with Crippen LogP contribution < -0.4 is 5.32 Å². The zero-order chi connectivity index (χ0) is 13.2. The minimum absolute atomic E-state index is 0.374. The van der Waals surface area contributed by atoms with E-state index in [-0.39, 0.29) is 0 Å². The van der Waals surface area contributed by atoms with E-state index in [1.807, 2.05) is 0 Å². The number of hydrogen-bond acceptors (Lipinski definition) is 2. The van der Waals surface area contributed by atoms with E-state index in [1.54, 1.807) is 19.3 Å². The van der Waals surface area contributed by atoms with Crippen LogP contribution in [0.15, 0.2) is 0 Å². The molecule has 112 valence electrons. The zero-order valence-electron chi connectivity index (χ0n) is 12.7. The van der Waals surface area contributed by atoms with Gasteiger partial charge < -0.3 is 10.1 Å². The third kappa shape index (κ3) is 1.76. The lowest BCUT2D eigenvalue weighted by molar-refractivity contribution is -0.164. The topological polar surface area (TPSA) is 21.3 Å². The van der Waals surface area contributed by atoms with Crippen LogP contribution in [0.1, 0.15) is 64.2 Å². The van der Waals surface area contributed by atoms with E-state index in [4.69, 9.17) is 4.74 Å². The molecule has 4 bridgehead atoms. The molecule has 5 aliphatic carbocycles. The number of nitrogens with one attached hydrogen (secondary N) is 1. The summed E-state index contributed by atoms with van der Waals surface area (Å²) in [6.45, 7) is 2.14. The molecule has 1 aliphatic heterocycles. The third-order valence-corrected chi connectivity index (χ3v) is 7.55. The minimum atomic E-state index is 0.374. The molecule has 1 spiro atoms. The first-order valence-corrected chi connectivity index (χ1v) is 9.12. The fraction of sp³-hybridized carbons (Fsp3) is 1.00. The molecule has 1 saturated heterocycles. The van der Waals surface area contributed by atoms with Gasteiger partial charge in [-0.1, -0.05) is 12.8 Å². The summed E-state index contributed by atoms with van der Waals surface area (Å²) in [4.78, 5) is 0. The van der Waals surface area contributed by atoms with Crippen molar-refractivity contribution in [3.8, 4) is 0 Å². The van der Waals surface area contributed by atoms with Gasteiger partial charge in [0, 0.05) is 12.1 Å². The molecule has 0 amide bonds. The van der Waals surface area contributed by atoms with Gasteiger partial charge in [0.15, 0.2) is 0 Å². The van der Waals surface area contributed by atoms with Crippen molar-refractivity contribution < 1.29 is 4.74 Å². The highest BCUT2D eigenvalue weighted by Crippen LogP contribution is 2.62. The van der Waals surface area contributed by atoms with Crippen LogP contribution in [0.3, 0.4) is 0 Å². The molecule has 0 aromatic heterocycles. The summed E-state index contributed by atoms with van der Waals surface area (Å²) in [5, 5.41) is 3.94. The Morgan fingerprint density at radius 2 is 1.45 bits per heavy atom. The first-order valence-electron chi connectivity index (χ1n) is 9.12. The van der Waals surface area contributed by atoms with Gasteiger partial charge in [0.2, 0.25) is 0 Å². The maximum absolute atomic E-state index is 6.54. The summed E-state index contributed by atoms with van der Waals surface area (Å²) in [6.07, 6.45) is 15.1.